The Bertz CT molecular complexity index is 1650. The van der Waals surface area contributed by atoms with Gasteiger partial charge in [0, 0.05) is 37.7 Å². The molecule has 0 saturated heterocycles. The normalized spacial score (nSPS) is 11.2. The number of ether oxygens (including phenoxy) is 1. The summed E-state index contributed by atoms with van der Waals surface area (Å²) in [6.45, 7) is 3.68. The highest BCUT2D eigenvalue weighted by atomic mass is 35.5. The maximum atomic E-state index is 14.2. The summed E-state index contributed by atoms with van der Waals surface area (Å²) in [5.41, 5.74) is 8.70. The third-order valence-electron chi connectivity index (χ3n) is 6.86. The average Bonchev–Trinajstić information content (AvgIpc) is 3.00. The molecule has 11 heteroatoms. The molecular formula is C34H35Cl2FN4O4. The molecule has 45 heavy (non-hydrogen) atoms. The predicted molar refractivity (Wildman–Crippen MR) is 178 cm³/mol. The van der Waals surface area contributed by atoms with Crippen molar-refractivity contribution in [2.45, 2.75) is 45.8 Å². The lowest BCUT2D eigenvalue weighted by Crippen LogP contribution is -2.39. The summed E-state index contributed by atoms with van der Waals surface area (Å²) in [7, 11) is 0. The lowest BCUT2D eigenvalue weighted by atomic mass is 10.0. The Kier molecular flexibility index (Phi) is 13.1. The molecule has 8 nitrogen and oxygen atoms in total. The smallest absolute Gasteiger partial charge is 0.241 e. The van der Waals surface area contributed by atoms with Crippen molar-refractivity contribution in [2.75, 3.05) is 10.6 Å². The molecular weight excluding hydrogens is 618 g/mol. The minimum absolute atomic E-state index is 0. The molecule has 1 atom stereocenters. The Labute approximate surface area is 272 Å². The molecule has 0 aliphatic carbocycles. The van der Waals surface area contributed by atoms with Gasteiger partial charge in [-0.15, -0.1) is 12.4 Å². The number of nitrogens with one attached hydrogen (secondary N) is 3. The Hall–Kier alpha value is -4.28. The van der Waals surface area contributed by atoms with Crippen LogP contribution in [0.4, 0.5) is 15.8 Å². The van der Waals surface area contributed by atoms with E-state index in [0.29, 0.717) is 29.0 Å². The van der Waals surface area contributed by atoms with Gasteiger partial charge in [0.15, 0.2) is 11.5 Å². The van der Waals surface area contributed by atoms with E-state index in [0.717, 1.165) is 5.56 Å². The summed E-state index contributed by atoms with van der Waals surface area (Å²) < 4.78 is 20.4. The van der Waals surface area contributed by atoms with Crippen molar-refractivity contribution in [3.63, 3.8) is 0 Å². The van der Waals surface area contributed by atoms with Crippen molar-refractivity contribution < 1.29 is 23.5 Å². The molecule has 4 rings (SSSR count). The second kappa shape index (κ2) is 16.7. The number of carbonyl (C=O) groups is 3. The van der Waals surface area contributed by atoms with Crippen LogP contribution in [0, 0.1) is 5.82 Å². The molecule has 0 saturated carbocycles. The Balaban J connectivity index is 0.00000552. The highest BCUT2D eigenvalue weighted by Crippen LogP contribution is 2.39. The van der Waals surface area contributed by atoms with E-state index in [2.05, 4.69) is 16.0 Å². The van der Waals surface area contributed by atoms with Crippen LogP contribution in [0.3, 0.4) is 0 Å². The highest BCUT2D eigenvalue weighted by Gasteiger charge is 2.25. The van der Waals surface area contributed by atoms with Crippen LogP contribution in [0.15, 0.2) is 84.9 Å². The molecule has 0 radical (unpaired) electrons. The molecule has 236 valence electrons. The van der Waals surface area contributed by atoms with Crippen molar-refractivity contribution in [2.24, 2.45) is 5.73 Å². The third-order valence-corrected chi connectivity index (χ3v) is 7.17. The van der Waals surface area contributed by atoms with Gasteiger partial charge in [0.1, 0.15) is 11.6 Å². The standard InChI is InChI=1S/C34H34ClFN4O4.ClH/c1-3-29(38-20-24-8-4-5-10-28(24)36)34(43)40-30-16-15-27(35)32(33(30)44-26-9-6-7-23(17-26)19-37)31(42)18-22-11-13-25(14-12-22)39-21(2)41;/h4-17,29,38H,3,18-20,37H2,1-2H3,(H,39,41)(H,40,43);1H. The number of hydrogen-bond donors (Lipinski definition) is 4. The summed E-state index contributed by atoms with van der Waals surface area (Å²) in [6, 6.07) is 22.8. The van der Waals surface area contributed by atoms with Crippen molar-refractivity contribution in [1.82, 2.24) is 5.32 Å². The number of anilines is 2. The molecule has 1 unspecified atom stereocenters. The van der Waals surface area contributed by atoms with E-state index in [1.165, 1.54) is 19.1 Å². The van der Waals surface area contributed by atoms with Crippen LogP contribution < -0.4 is 26.4 Å². The molecule has 0 aromatic heterocycles. The lowest BCUT2D eigenvalue weighted by Gasteiger charge is -2.21. The van der Waals surface area contributed by atoms with E-state index >= 15 is 0 Å². The fourth-order valence-electron chi connectivity index (χ4n) is 4.58. The lowest BCUT2D eigenvalue weighted by molar-refractivity contribution is -0.118. The topological polar surface area (TPSA) is 123 Å². The number of hydrogen-bond acceptors (Lipinski definition) is 6. The van der Waals surface area contributed by atoms with Gasteiger partial charge in [-0.05, 0) is 60.0 Å². The van der Waals surface area contributed by atoms with Gasteiger partial charge in [0.2, 0.25) is 11.8 Å². The zero-order valence-corrected chi connectivity index (χ0v) is 26.4. The number of halogens is 3. The Morgan fingerprint density at radius 2 is 1.67 bits per heavy atom. The largest absolute Gasteiger partial charge is 0.454 e. The average molecular weight is 654 g/mol. The second-order valence-electron chi connectivity index (χ2n) is 10.2. The van der Waals surface area contributed by atoms with Crippen LogP contribution in [-0.2, 0) is 29.1 Å². The molecule has 5 N–H and O–H groups in total. The summed E-state index contributed by atoms with van der Waals surface area (Å²) >= 11 is 6.60. The molecule has 0 aliphatic heterocycles. The zero-order valence-electron chi connectivity index (χ0n) is 24.9. The van der Waals surface area contributed by atoms with Gasteiger partial charge >= 0.3 is 0 Å². The van der Waals surface area contributed by atoms with E-state index in [9.17, 15) is 18.8 Å². The van der Waals surface area contributed by atoms with Gasteiger partial charge in [-0.2, -0.15) is 0 Å². The third kappa shape index (κ3) is 9.60. The highest BCUT2D eigenvalue weighted by molar-refractivity contribution is 6.34. The number of Topliss-reactive ketones (excluding diaryl/α,β-unsaturated/α-hetero) is 1. The van der Waals surface area contributed by atoms with Gasteiger partial charge in [0.25, 0.3) is 0 Å². The molecule has 4 aromatic rings. The predicted octanol–water partition coefficient (Wildman–Crippen LogP) is 7.04. The van der Waals surface area contributed by atoms with Crippen LogP contribution in [0.1, 0.15) is 47.3 Å². The molecule has 0 heterocycles. The number of rotatable bonds is 13. The van der Waals surface area contributed by atoms with Gasteiger partial charge < -0.3 is 26.4 Å². The monoisotopic (exact) mass is 652 g/mol. The maximum Gasteiger partial charge on any atom is 0.241 e. The van der Waals surface area contributed by atoms with Crippen LogP contribution in [0.25, 0.3) is 0 Å². The second-order valence-corrected chi connectivity index (χ2v) is 10.6. The van der Waals surface area contributed by atoms with Crippen LogP contribution in [0.5, 0.6) is 11.5 Å². The van der Waals surface area contributed by atoms with E-state index in [1.807, 2.05) is 13.0 Å². The summed E-state index contributed by atoms with van der Waals surface area (Å²) in [5, 5.41) is 8.82. The van der Waals surface area contributed by atoms with Crippen LogP contribution in [0.2, 0.25) is 5.02 Å². The molecule has 0 bridgehead atoms. The van der Waals surface area contributed by atoms with E-state index in [-0.39, 0.29) is 71.4 Å². The molecule has 2 amide bonds. The van der Waals surface area contributed by atoms with E-state index < -0.39 is 11.9 Å². The number of carbonyl (C=O) groups excluding carboxylic acids is 3. The van der Waals surface area contributed by atoms with Crippen LogP contribution in [-0.4, -0.2) is 23.6 Å². The van der Waals surface area contributed by atoms with Crippen LogP contribution >= 0.6 is 24.0 Å². The fraction of sp³-hybridized carbons (Fsp3) is 0.206. The van der Waals surface area contributed by atoms with E-state index in [1.54, 1.807) is 66.7 Å². The first kappa shape index (κ1) is 35.2. The summed E-state index contributed by atoms with van der Waals surface area (Å²) in [5.74, 6) is -0.802. The summed E-state index contributed by atoms with van der Waals surface area (Å²) in [6.07, 6.45) is 0.404. The zero-order chi connectivity index (χ0) is 31.6. The minimum atomic E-state index is -0.667. The number of ketones is 1. The Morgan fingerprint density at radius 3 is 2.33 bits per heavy atom. The first-order valence-electron chi connectivity index (χ1n) is 14.1. The van der Waals surface area contributed by atoms with Gasteiger partial charge in [-0.25, -0.2) is 4.39 Å². The number of benzene rings is 4. The van der Waals surface area contributed by atoms with Crippen molar-refractivity contribution in [3.8, 4) is 11.5 Å². The molecule has 4 aromatic carbocycles. The number of nitrogens with two attached hydrogens (primary N) is 1. The Morgan fingerprint density at radius 1 is 0.933 bits per heavy atom. The van der Waals surface area contributed by atoms with Gasteiger partial charge in [-0.3, -0.25) is 14.4 Å². The van der Waals surface area contributed by atoms with Crippen molar-refractivity contribution in [3.05, 3.63) is 118 Å². The van der Waals surface area contributed by atoms with E-state index in [4.69, 9.17) is 22.1 Å². The van der Waals surface area contributed by atoms with Gasteiger partial charge in [0.05, 0.1) is 22.3 Å². The molecule has 0 fully saturated rings. The quantitative estimate of drug-likeness (QED) is 0.115. The summed E-state index contributed by atoms with van der Waals surface area (Å²) in [4.78, 5) is 38.5. The molecule has 0 aliphatic rings. The van der Waals surface area contributed by atoms with Crippen molar-refractivity contribution in [1.29, 1.82) is 0 Å². The maximum absolute atomic E-state index is 14.2. The van der Waals surface area contributed by atoms with Gasteiger partial charge in [-0.1, -0.05) is 61.0 Å². The first-order valence-corrected chi connectivity index (χ1v) is 14.5. The molecule has 0 spiro atoms. The van der Waals surface area contributed by atoms with Crippen molar-refractivity contribution >= 4 is 53.0 Å². The first-order chi connectivity index (χ1) is 21.2. The number of amides is 2. The fourth-order valence-corrected chi connectivity index (χ4v) is 4.83. The SMILES string of the molecule is CCC(NCc1ccccc1F)C(=O)Nc1ccc(Cl)c(C(=O)Cc2ccc(NC(C)=O)cc2)c1Oc1cccc(CN)c1.Cl. The minimum Gasteiger partial charge on any atom is -0.454 e.